The van der Waals surface area contributed by atoms with E-state index in [-0.39, 0.29) is 17.0 Å². The first-order valence-electron chi connectivity index (χ1n) is 8.80. The van der Waals surface area contributed by atoms with Crippen LogP contribution in [0.3, 0.4) is 0 Å². The zero-order chi connectivity index (χ0) is 19.3. The SMILES string of the molecule is CC(C)(C)c1ccc(Nc2ccc(C(=O)NCc3cccnc3)nn2)cc1. The van der Waals surface area contributed by atoms with Crippen molar-refractivity contribution in [1.29, 1.82) is 0 Å². The fraction of sp³-hybridized carbons (Fsp3) is 0.238. The van der Waals surface area contributed by atoms with Gasteiger partial charge in [-0.1, -0.05) is 39.0 Å². The summed E-state index contributed by atoms with van der Waals surface area (Å²) in [6.45, 7) is 6.94. The highest BCUT2D eigenvalue weighted by Crippen LogP contribution is 2.24. The number of anilines is 2. The van der Waals surface area contributed by atoms with Crippen LogP contribution in [-0.2, 0) is 12.0 Å². The minimum absolute atomic E-state index is 0.114. The number of nitrogens with zero attached hydrogens (tertiary/aromatic N) is 3. The zero-order valence-corrected chi connectivity index (χ0v) is 15.7. The molecule has 1 amide bonds. The molecular weight excluding hydrogens is 338 g/mol. The maximum absolute atomic E-state index is 12.2. The summed E-state index contributed by atoms with van der Waals surface area (Å²) < 4.78 is 0. The molecule has 0 bridgehead atoms. The van der Waals surface area contributed by atoms with E-state index in [9.17, 15) is 4.79 Å². The lowest BCUT2D eigenvalue weighted by Crippen LogP contribution is -2.24. The van der Waals surface area contributed by atoms with E-state index in [2.05, 4.69) is 58.7 Å². The average molecular weight is 361 g/mol. The van der Waals surface area contributed by atoms with Crippen molar-refractivity contribution in [3.05, 3.63) is 77.7 Å². The molecule has 6 nitrogen and oxygen atoms in total. The summed E-state index contributed by atoms with van der Waals surface area (Å²) in [6, 6.07) is 15.3. The molecule has 0 radical (unpaired) electrons. The summed E-state index contributed by atoms with van der Waals surface area (Å²) in [6.07, 6.45) is 3.41. The van der Waals surface area contributed by atoms with Gasteiger partial charge in [0, 0.05) is 24.6 Å². The lowest BCUT2D eigenvalue weighted by atomic mass is 9.87. The number of hydrogen-bond donors (Lipinski definition) is 2. The Bertz CT molecular complexity index is 885. The maximum atomic E-state index is 12.2. The molecule has 0 unspecified atom stereocenters. The van der Waals surface area contributed by atoms with Crippen molar-refractivity contribution in [3.63, 3.8) is 0 Å². The largest absolute Gasteiger partial charge is 0.347 e. The number of pyridine rings is 1. The zero-order valence-electron chi connectivity index (χ0n) is 15.7. The average Bonchev–Trinajstić information content (AvgIpc) is 2.67. The summed E-state index contributed by atoms with van der Waals surface area (Å²) in [5, 5.41) is 14.1. The van der Waals surface area contributed by atoms with Crippen molar-refractivity contribution in [3.8, 4) is 0 Å². The molecule has 0 fully saturated rings. The van der Waals surface area contributed by atoms with E-state index < -0.39 is 0 Å². The highest BCUT2D eigenvalue weighted by atomic mass is 16.1. The van der Waals surface area contributed by atoms with Gasteiger partial charge >= 0.3 is 0 Å². The van der Waals surface area contributed by atoms with Gasteiger partial charge in [0.05, 0.1) is 0 Å². The summed E-state index contributed by atoms with van der Waals surface area (Å²) in [5.41, 5.74) is 3.50. The third-order valence-electron chi connectivity index (χ3n) is 4.10. The van der Waals surface area contributed by atoms with Crippen molar-refractivity contribution in [2.45, 2.75) is 32.7 Å². The Kier molecular flexibility index (Phi) is 5.45. The number of amides is 1. The highest BCUT2D eigenvalue weighted by molar-refractivity contribution is 5.92. The van der Waals surface area contributed by atoms with E-state index in [4.69, 9.17) is 0 Å². The molecule has 3 aromatic rings. The molecule has 6 heteroatoms. The molecule has 0 saturated carbocycles. The fourth-order valence-electron chi connectivity index (χ4n) is 2.50. The molecule has 0 aliphatic carbocycles. The van der Waals surface area contributed by atoms with E-state index in [0.29, 0.717) is 12.4 Å². The van der Waals surface area contributed by atoms with Gasteiger partial charge in [-0.3, -0.25) is 9.78 Å². The number of carbonyl (C=O) groups is 1. The highest BCUT2D eigenvalue weighted by Gasteiger charge is 2.13. The fourth-order valence-corrected chi connectivity index (χ4v) is 2.50. The molecule has 0 saturated heterocycles. The van der Waals surface area contributed by atoms with Crippen molar-refractivity contribution in [2.75, 3.05) is 5.32 Å². The first-order chi connectivity index (χ1) is 12.9. The van der Waals surface area contributed by atoms with E-state index >= 15 is 0 Å². The Labute approximate surface area is 159 Å². The minimum atomic E-state index is -0.271. The second kappa shape index (κ2) is 7.95. The normalized spacial score (nSPS) is 11.1. The Morgan fingerprint density at radius 3 is 2.37 bits per heavy atom. The van der Waals surface area contributed by atoms with Gasteiger partial charge < -0.3 is 10.6 Å². The number of benzene rings is 1. The van der Waals surface area contributed by atoms with E-state index in [1.807, 2.05) is 24.3 Å². The first-order valence-corrected chi connectivity index (χ1v) is 8.80. The Morgan fingerprint density at radius 1 is 1.00 bits per heavy atom. The topological polar surface area (TPSA) is 79.8 Å². The monoisotopic (exact) mass is 361 g/mol. The number of hydrogen-bond acceptors (Lipinski definition) is 5. The number of aromatic nitrogens is 3. The van der Waals surface area contributed by atoms with E-state index in [1.54, 1.807) is 24.5 Å². The lowest BCUT2D eigenvalue weighted by molar-refractivity contribution is 0.0945. The van der Waals surface area contributed by atoms with E-state index in [1.165, 1.54) is 5.56 Å². The molecule has 138 valence electrons. The Hall–Kier alpha value is -3.28. The van der Waals surface area contributed by atoms with Gasteiger partial charge in [-0.25, -0.2) is 0 Å². The van der Waals surface area contributed by atoms with Gasteiger partial charge in [0.15, 0.2) is 11.5 Å². The predicted molar refractivity (Wildman–Crippen MR) is 106 cm³/mol. The summed E-state index contributed by atoms with van der Waals surface area (Å²) in [7, 11) is 0. The molecule has 27 heavy (non-hydrogen) atoms. The lowest BCUT2D eigenvalue weighted by Gasteiger charge is -2.19. The molecule has 1 aromatic carbocycles. The Morgan fingerprint density at radius 2 is 1.78 bits per heavy atom. The van der Waals surface area contributed by atoms with Gasteiger partial charge in [0.1, 0.15) is 0 Å². The third-order valence-corrected chi connectivity index (χ3v) is 4.10. The molecule has 2 aromatic heterocycles. The molecule has 2 N–H and O–H groups in total. The van der Waals surface area contributed by atoms with Crippen LogP contribution in [-0.4, -0.2) is 21.1 Å². The van der Waals surface area contributed by atoms with Gasteiger partial charge in [0.25, 0.3) is 5.91 Å². The minimum Gasteiger partial charge on any atom is -0.347 e. The third kappa shape index (κ3) is 5.10. The first kappa shape index (κ1) is 18.5. The molecule has 3 rings (SSSR count). The van der Waals surface area contributed by atoms with Gasteiger partial charge in [-0.15, -0.1) is 10.2 Å². The van der Waals surface area contributed by atoms with Gasteiger partial charge in [-0.2, -0.15) is 0 Å². The van der Waals surface area contributed by atoms with Crippen molar-refractivity contribution < 1.29 is 4.79 Å². The van der Waals surface area contributed by atoms with Crippen LogP contribution in [0, 0.1) is 0 Å². The number of rotatable bonds is 5. The predicted octanol–water partition coefficient (Wildman–Crippen LogP) is 3.84. The number of carbonyl (C=O) groups excluding carboxylic acids is 1. The summed E-state index contributed by atoms with van der Waals surface area (Å²) in [4.78, 5) is 16.2. The molecule has 0 atom stereocenters. The standard InChI is InChI=1S/C21H23N5O/c1-21(2,3)16-6-8-17(9-7-16)24-19-11-10-18(25-26-19)20(27)23-14-15-5-4-12-22-13-15/h4-13H,14H2,1-3H3,(H,23,27)(H,24,26). The summed E-state index contributed by atoms with van der Waals surface area (Å²) >= 11 is 0. The molecule has 0 spiro atoms. The van der Waals surface area contributed by atoms with Crippen LogP contribution in [0.4, 0.5) is 11.5 Å². The Balaban J connectivity index is 1.59. The van der Waals surface area contributed by atoms with Gasteiger partial charge in [-0.05, 0) is 46.9 Å². The van der Waals surface area contributed by atoms with Gasteiger partial charge in [0.2, 0.25) is 0 Å². The van der Waals surface area contributed by atoms with Crippen LogP contribution in [0.15, 0.2) is 60.9 Å². The molecule has 2 heterocycles. The van der Waals surface area contributed by atoms with Crippen LogP contribution in [0.2, 0.25) is 0 Å². The molecule has 0 aliphatic heterocycles. The van der Waals surface area contributed by atoms with Crippen molar-refractivity contribution >= 4 is 17.4 Å². The molecule has 0 aliphatic rings. The van der Waals surface area contributed by atoms with Crippen LogP contribution >= 0.6 is 0 Å². The van der Waals surface area contributed by atoms with Crippen LogP contribution < -0.4 is 10.6 Å². The quantitative estimate of drug-likeness (QED) is 0.722. The molecular formula is C21H23N5O. The van der Waals surface area contributed by atoms with Crippen molar-refractivity contribution in [1.82, 2.24) is 20.5 Å². The summed E-state index contributed by atoms with van der Waals surface area (Å²) in [5.74, 6) is 0.315. The van der Waals surface area contributed by atoms with Crippen LogP contribution in [0.5, 0.6) is 0 Å². The van der Waals surface area contributed by atoms with E-state index in [0.717, 1.165) is 11.3 Å². The van der Waals surface area contributed by atoms with Crippen LogP contribution in [0.1, 0.15) is 42.4 Å². The second-order valence-electron chi connectivity index (χ2n) is 7.30. The van der Waals surface area contributed by atoms with Crippen molar-refractivity contribution in [2.24, 2.45) is 0 Å². The van der Waals surface area contributed by atoms with Crippen LogP contribution in [0.25, 0.3) is 0 Å². The smallest absolute Gasteiger partial charge is 0.272 e. The second-order valence-corrected chi connectivity index (χ2v) is 7.30. The maximum Gasteiger partial charge on any atom is 0.272 e. The number of nitrogens with one attached hydrogen (secondary N) is 2.